The van der Waals surface area contributed by atoms with E-state index in [4.69, 9.17) is 15.2 Å². The monoisotopic (exact) mass is 414 g/mol. The van der Waals surface area contributed by atoms with Crippen LogP contribution in [0.4, 0.5) is 5.69 Å². The molecule has 0 aromatic heterocycles. The summed E-state index contributed by atoms with van der Waals surface area (Å²) in [4.78, 5) is 2.51. The molecule has 160 valence electrons. The number of hydrogen-bond acceptors (Lipinski definition) is 4. The molecule has 5 rings (SSSR count). The van der Waals surface area contributed by atoms with Crippen LogP contribution in [0, 0.1) is 0 Å². The van der Waals surface area contributed by atoms with E-state index in [0.29, 0.717) is 0 Å². The van der Waals surface area contributed by atoms with Gasteiger partial charge in [-0.3, -0.25) is 0 Å². The normalized spacial score (nSPS) is 17.4. The molecule has 1 atom stereocenters. The van der Waals surface area contributed by atoms with Crippen LogP contribution in [0.1, 0.15) is 49.9 Å². The predicted molar refractivity (Wildman–Crippen MR) is 126 cm³/mol. The molecule has 0 bridgehead atoms. The first kappa shape index (κ1) is 20.0. The minimum atomic E-state index is -0.0747. The van der Waals surface area contributed by atoms with E-state index in [-0.39, 0.29) is 18.2 Å². The van der Waals surface area contributed by atoms with Crippen molar-refractivity contribution >= 4 is 5.69 Å². The topological polar surface area (TPSA) is 47.7 Å². The lowest BCUT2D eigenvalue weighted by Crippen LogP contribution is -2.37. The summed E-state index contributed by atoms with van der Waals surface area (Å²) in [5, 5.41) is 0. The summed E-state index contributed by atoms with van der Waals surface area (Å²) in [6.07, 6.45) is 1.12. The zero-order valence-electron chi connectivity index (χ0n) is 18.5. The Morgan fingerprint density at radius 2 is 1.77 bits per heavy atom. The van der Waals surface area contributed by atoms with Gasteiger partial charge in [0.2, 0.25) is 6.79 Å². The Kier molecular flexibility index (Phi) is 4.90. The lowest BCUT2D eigenvalue weighted by Gasteiger charge is -2.41. The minimum absolute atomic E-state index is 0.0747. The number of hydrogen-bond donors (Lipinski definition) is 1. The summed E-state index contributed by atoms with van der Waals surface area (Å²) >= 11 is 0. The maximum atomic E-state index is 6.49. The molecule has 0 aliphatic carbocycles. The Morgan fingerprint density at radius 1 is 1.00 bits per heavy atom. The van der Waals surface area contributed by atoms with Gasteiger partial charge < -0.3 is 20.1 Å². The Labute approximate surface area is 184 Å². The molecule has 4 nitrogen and oxygen atoms in total. The van der Waals surface area contributed by atoms with E-state index in [2.05, 4.69) is 80.3 Å². The van der Waals surface area contributed by atoms with E-state index in [9.17, 15) is 0 Å². The molecule has 0 amide bonds. The molecule has 4 heteroatoms. The van der Waals surface area contributed by atoms with Gasteiger partial charge in [0, 0.05) is 24.8 Å². The van der Waals surface area contributed by atoms with Crippen molar-refractivity contribution in [2.45, 2.75) is 45.2 Å². The number of ether oxygens (including phenoxy) is 2. The Hall–Kier alpha value is -2.98. The third kappa shape index (κ3) is 3.66. The summed E-state index contributed by atoms with van der Waals surface area (Å²) in [6.45, 7) is 8.99. The van der Waals surface area contributed by atoms with E-state index < -0.39 is 0 Å². The molecule has 2 aliphatic heterocycles. The second-order valence-corrected chi connectivity index (χ2v) is 9.35. The van der Waals surface area contributed by atoms with Gasteiger partial charge in [-0.2, -0.15) is 0 Å². The van der Waals surface area contributed by atoms with Crippen LogP contribution in [0.3, 0.4) is 0 Å². The first-order valence-corrected chi connectivity index (χ1v) is 11.1. The lowest BCUT2D eigenvalue weighted by molar-refractivity contribution is 0.174. The van der Waals surface area contributed by atoms with Crippen LogP contribution in [-0.4, -0.2) is 13.3 Å². The fourth-order valence-corrected chi connectivity index (χ4v) is 4.74. The SMILES string of the molecule is CC(N)c1cc2c(cc1-c1ccc3c(c1)OCO3)C(C)(C)CCN2Cc1ccccc1. The van der Waals surface area contributed by atoms with E-state index in [1.807, 2.05) is 6.07 Å². The third-order valence-corrected chi connectivity index (χ3v) is 6.63. The van der Waals surface area contributed by atoms with Crippen molar-refractivity contribution in [2.24, 2.45) is 5.73 Å². The first-order chi connectivity index (χ1) is 14.9. The van der Waals surface area contributed by atoms with Gasteiger partial charge in [0.25, 0.3) is 0 Å². The van der Waals surface area contributed by atoms with Crippen LogP contribution >= 0.6 is 0 Å². The summed E-state index contributed by atoms with van der Waals surface area (Å²) in [5.41, 5.74) is 14.1. The maximum absolute atomic E-state index is 6.49. The lowest BCUT2D eigenvalue weighted by atomic mass is 9.75. The van der Waals surface area contributed by atoms with E-state index in [1.54, 1.807) is 0 Å². The van der Waals surface area contributed by atoms with Gasteiger partial charge in [-0.1, -0.05) is 50.2 Å². The van der Waals surface area contributed by atoms with Crippen LogP contribution in [0.2, 0.25) is 0 Å². The largest absolute Gasteiger partial charge is 0.454 e. The van der Waals surface area contributed by atoms with Gasteiger partial charge in [-0.25, -0.2) is 0 Å². The molecule has 1 unspecified atom stereocenters. The van der Waals surface area contributed by atoms with Gasteiger partial charge in [0.05, 0.1) is 0 Å². The second kappa shape index (κ2) is 7.61. The summed E-state index contributed by atoms with van der Waals surface area (Å²) in [6, 6.07) is 21.5. The molecule has 0 saturated carbocycles. The summed E-state index contributed by atoms with van der Waals surface area (Å²) < 4.78 is 11.1. The molecule has 0 saturated heterocycles. The van der Waals surface area contributed by atoms with Crippen molar-refractivity contribution in [1.29, 1.82) is 0 Å². The molecule has 2 N–H and O–H groups in total. The highest BCUT2D eigenvalue weighted by molar-refractivity contribution is 5.77. The Bertz CT molecular complexity index is 1110. The van der Waals surface area contributed by atoms with Crippen molar-refractivity contribution in [2.75, 3.05) is 18.2 Å². The molecule has 3 aromatic rings. The van der Waals surface area contributed by atoms with Gasteiger partial charge >= 0.3 is 0 Å². The predicted octanol–water partition coefficient (Wildman–Crippen LogP) is 5.79. The maximum Gasteiger partial charge on any atom is 0.231 e. The van der Waals surface area contributed by atoms with E-state index in [1.165, 1.54) is 22.4 Å². The number of fused-ring (bicyclic) bond motifs is 2. The molecular formula is C27H30N2O2. The minimum Gasteiger partial charge on any atom is -0.454 e. The van der Waals surface area contributed by atoms with Crippen LogP contribution in [0.25, 0.3) is 11.1 Å². The number of nitrogens with zero attached hydrogens (tertiary/aromatic N) is 1. The quantitative estimate of drug-likeness (QED) is 0.587. The summed E-state index contributed by atoms with van der Waals surface area (Å²) in [7, 11) is 0. The number of nitrogens with two attached hydrogens (primary N) is 1. The molecule has 31 heavy (non-hydrogen) atoms. The zero-order chi connectivity index (χ0) is 21.6. The van der Waals surface area contributed by atoms with E-state index >= 15 is 0 Å². The number of anilines is 1. The van der Waals surface area contributed by atoms with Gasteiger partial charge in [-0.05, 0) is 70.8 Å². The smallest absolute Gasteiger partial charge is 0.231 e. The van der Waals surface area contributed by atoms with Crippen molar-refractivity contribution in [1.82, 2.24) is 0 Å². The second-order valence-electron chi connectivity index (χ2n) is 9.35. The molecule has 0 fully saturated rings. The first-order valence-electron chi connectivity index (χ1n) is 11.1. The van der Waals surface area contributed by atoms with Gasteiger partial charge in [-0.15, -0.1) is 0 Å². The molecular weight excluding hydrogens is 384 g/mol. The average Bonchev–Trinajstić information content (AvgIpc) is 3.24. The summed E-state index contributed by atoms with van der Waals surface area (Å²) in [5.74, 6) is 1.61. The average molecular weight is 415 g/mol. The highest BCUT2D eigenvalue weighted by Gasteiger charge is 2.33. The fourth-order valence-electron chi connectivity index (χ4n) is 4.74. The molecule has 3 aromatic carbocycles. The van der Waals surface area contributed by atoms with Crippen LogP contribution < -0.4 is 20.1 Å². The third-order valence-electron chi connectivity index (χ3n) is 6.63. The Morgan fingerprint density at radius 3 is 2.55 bits per heavy atom. The standard InChI is InChI=1S/C27H30N2O2/c1-18(28)21-15-24-23(14-22(21)20-9-10-25-26(13-20)31-17-30-25)27(2,3)11-12-29(24)16-19-7-5-4-6-8-19/h4-10,13-15,18H,11-12,16-17,28H2,1-3H3. The molecule has 0 spiro atoms. The molecule has 2 heterocycles. The van der Waals surface area contributed by atoms with Crippen molar-refractivity contribution in [3.63, 3.8) is 0 Å². The van der Waals surface area contributed by atoms with E-state index in [0.717, 1.165) is 42.1 Å². The zero-order valence-corrected chi connectivity index (χ0v) is 18.5. The van der Waals surface area contributed by atoms with Gasteiger partial charge in [0.1, 0.15) is 0 Å². The highest BCUT2D eigenvalue weighted by atomic mass is 16.7. The fraction of sp³-hybridized carbons (Fsp3) is 0.333. The van der Waals surface area contributed by atoms with Crippen molar-refractivity contribution < 1.29 is 9.47 Å². The van der Waals surface area contributed by atoms with Crippen molar-refractivity contribution in [3.05, 3.63) is 77.4 Å². The van der Waals surface area contributed by atoms with Crippen LogP contribution in [-0.2, 0) is 12.0 Å². The van der Waals surface area contributed by atoms with Gasteiger partial charge in [0.15, 0.2) is 11.5 Å². The van der Waals surface area contributed by atoms with Crippen LogP contribution in [0.15, 0.2) is 60.7 Å². The molecule has 0 radical (unpaired) electrons. The number of benzene rings is 3. The van der Waals surface area contributed by atoms with Crippen molar-refractivity contribution in [3.8, 4) is 22.6 Å². The van der Waals surface area contributed by atoms with Crippen LogP contribution in [0.5, 0.6) is 11.5 Å². The molecule has 2 aliphatic rings. The Balaban J connectivity index is 1.63. The highest BCUT2D eigenvalue weighted by Crippen LogP contribution is 2.46. The number of rotatable bonds is 4.